The van der Waals surface area contributed by atoms with Crippen LogP contribution in [0.4, 0.5) is 0 Å². The number of piperazine rings is 1. The van der Waals surface area contributed by atoms with Crippen molar-refractivity contribution >= 4 is 17.9 Å². The Labute approximate surface area is 176 Å². The largest absolute Gasteiger partial charge is 0.480 e. The van der Waals surface area contributed by atoms with E-state index < -0.39 is 5.97 Å². The number of morpholine rings is 1. The van der Waals surface area contributed by atoms with E-state index in [1.165, 1.54) is 0 Å². The van der Waals surface area contributed by atoms with Gasteiger partial charge in [0.2, 0.25) is 0 Å². The van der Waals surface area contributed by atoms with E-state index in [1.807, 2.05) is 16.1 Å². The molecule has 9 heteroatoms. The van der Waals surface area contributed by atoms with E-state index in [0.29, 0.717) is 0 Å². The maximum Gasteiger partial charge on any atom is 0.317 e. The Morgan fingerprint density at radius 1 is 1.10 bits per heavy atom. The molecule has 1 atom stereocenters. The van der Waals surface area contributed by atoms with Gasteiger partial charge in [0, 0.05) is 39.1 Å². The molecule has 0 aromatic heterocycles. The van der Waals surface area contributed by atoms with Crippen LogP contribution in [0.3, 0.4) is 0 Å². The van der Waals surface area contributed by atoms with Crippen LogP contribution >= 0.6 is 0 Å². The lowest BCUT2D eigenvalue weighted by Crippen LogP contribution is -2.49. The molecule has 0 amide bonds. The summed E-state index contributed by atoms with van der Waals surface area (Å²) in [6, 6.07) is 8.24. The van der Waals surface area contributed by atoms with E-state index in [9.17, 15) is 4.79 Å². The van der Waals surface area contributed by atoms with Gasteiger partial charge in [-0.05, 0) is 11.1 Å². The molecule has 2 saturated heterocycles. The smallest absolute Gasteiger partial charge is 0.317 e. The first kappa shape index (κ1) is 20.8. The first-order valence-electron chi connectivity index (χ1n) is 10.5. The quantitative estimate of drug-likeness (QED) is 0.651. The Hall–Kier alpha value is -2.49. The fraction of sp³-hybridized carbons (Fsp3) is 0.571. The van der Waals surface area contributed by atoms with Crippen molar-refractivity contribution < 1.29 is 19.5 Å². The molecule has 1 aromatic rings. The van der Waals surface area contributed by atoms with Crippen LogP contribution in [0.2, 0.25) is 0 Å². The molecule has 9 nitrogen and oxygen atoms in total. The summed E-state index contributed by atoms with van der Waals surface area (Å²) in [5.74, 6) is -0.765. The van der Waals surface area contributed by atoms with Crippen molar-refractivity contribution in [2.45, 2.75) is 12.5 Å². The predicted molar refractivity (Wildman–Crippen MR) is 113 cm³/mol. The standard InChI is InChI=1S/C21H29N5O4/c27-21(28)16-25-7-5-24(6-8-25)15-19-13-20(23-30-19)18-3-1-17(2-4-18)14-22-26-9-11-29-12-10-26/h1-4,14,19H,5-13,15-16H2,(H,27,28). The van der Waals surface area contributed by atoms with Gasteiger partial charge in [-0.1, -0.05) is 29.4 Å². The Kier molecular flexibility index (Phi) is 6.93. The summed E-state index contributed by atoms with van der Waals surface area (Å²) >= 11 is 0. The predicted octanol–water partition coefficient (Wildman–Crippen LogP) is 0.548. The van der Waals surface area contributed by atoms with Crippen molar-refractivity contribution in [3.8, 4) is 0 Å². The normalized spacial score (nSPS) is 23.5. The first-order chi connectivity index (χ1) is 14.7. The summed E-state index contributed by atoms with van der Waals surface area (Å²) in [5.41, 5.74) is 3.11. The van der Waals surface area contributed by atoms with E-state index >= 15 is 0 Å². The van der Waals surface area contributed by atoms with Gasteiger partial charge < -0.3 is 14.7 Å². The SMILES string of the molecule is O=C(O)CN1CCN(CC2CC(c3ccc(C=NN4CCOCC4)cc3)=NO2)CC1. The lowest BCUT2D eigenvalue weighted by Gasteiger charge is -2.34. The van der Waals surface area contributed by atoms with Crippen LogP contribution in [0.15, 0.2) is 34.5 Å². The summed E-state index contributed by atoms with van der Waals surface area (Å²) in [7, 11) is 0. The summed E-state index contributed by atoms with van der Waals surface area (Å²) in [6.45, 7) is 7.34. The number of carboxylic acid groups (broad SMARTS) is 1. The van der Waals surface area contributed by atoms with Gasteiger partial charge in [-0.25, -0.2) is 0 Å². The van der Waals surface area contributed by atoms with E-state index in [2.05, 4.69) is 39.4 Å². The molecule has 3 heterocycles. The lowest BCUT2D eigenvalue weighted by molar-refractivity contribution is -0.138. The zero-order chi connectivity index (χ0) is 20.8. The molecule has 2 fully saturated rings. The summed E-state index contributed by atoms with van der Waals surface area (Å²) in [6.07, 6.45) is 2.72. The Morgan fingerprint density at radius 2 is 1.80 bits per heavy atom. The van der Waals surface area contributed by atoms with E-state index in [-0.39, 0.29) is 12.6 Å². The molecule has 1 unspecified atom stereocenters. The molecule has 1 aromatic carbocycles. The minimum absolute atomic E-state index is 0.0496. The van der Waals surface area contributed by atoms with E-state index in [1.54, 1.807) is 0 Å². The van der Waals surface area contributed by atoms with Gasteiger partial charge in [-0.15, -0.1) is 0 Å². The van der Waals surface area contributed by atoms with Crippen molar-refractivity contribution in [3.05, 3.63) is 35.4 Å². The van der Waals surface area contributed by atoms with Crippen molar-refractivity contribution in [2.75, 3.05) is 65.6 Å². The van der Waals surface area contributed by atoms with Gasteiger partial charge in [0.1, 0.15) is 6.10 Å². The van der Waals surface area contributed by atoms with Crippen LogP contribution in [-0.2, 0) is 14.4 Å². The molecule has 0 bridgehead atoms. The Balaban J connectivity index is 1.22. The number of ether oxygens (including phenoxy) is 1. The fourth-order valence-corrected chi connectivity index (χ4v) is 3.89. The number of carboxylic acids is 1. The summed E-state index contributed by atoms with van der Waals surface area (Å²) in [5, 5.41) is 19.7. The minimum Gasteiger partial charge on any atom is -0.480 e. The Bertz CT molecular complexity index is 768. The number of carbonyl (C=O) groups is 1. The van der Waals surface area contributed by atoms with Crippen LogP contribution in [0, 0.1) is 0 Å². The van der Waals surface area contributed by atoms with Gasteiger partial charge in [-0.2, -0.15) is 5.10 Å². The molecule has 0 spiro atoms. The molecule has 0 saturated carbocycles. The third kappa shape index (κ3) is 5.78. The molecule has 0 aliphatic carbocycles. The zero-order valence-corrected chi connectivity index (χ0v) is 17.2. The highest BCUT2D eigenvalue weighted by Crippen LogP contribution is 2.18. The fourth-order valence-electron chi connectivity index (χ4n) is 3.89. The highest BCUT2D eigenvalue weighted by Gasteiger charge is 2.26. The highest BCUT2D eigenvalue weighted by atomic mass is 16.6. The highest BCUT2D eigenvalue weighted by molar-refractivity contribution is 6.01. The molecular formula is C21H29N5O4. The Morgan fingerprint density at radius 3 is 2.50 bits per heavy atom. The van der Waals surface area contributed by atoms with Gasteiger partial charge in [0.05, 0.1) is 44.8 Å². The molecule has 1 N–H and O–H groups in total. The van der Waals surface area contributed by atoms with Crippen molar-refractivity contribution in [1.29, 1.82) is 0 Å². The maximum absolute atomic E-state index is 10.8. The summed E-state index contributed by atoms with van der Waals surface area (Å²) in [4.78, 5) is 20.8. The first-order valence-corrected chi connectivity index (χ1v) is 10.5. The monoisotopic (exact) mass is 415 g/mol. The van der Waals surface area contributed by atoms with Gasteiger partial charge >= 0.3 is 5.97 Å². The molecule has 3 aliphatic rings. The van der Waals surface area contributed by atoms with E-state index in [4.69, 9.17) is 14.7 Å². The van der Waals surface area contributed by atoms with Crippen LogP contribution in [0.5, 0.6) is 0 Å². The molecule has 4 rings (SSSR count). The number of benzene rings is 1. The molecule has 162 valence electrons. The van der Waals surface area contributed by atoms with E-state index in [0.717, 1.165) is 82.3 Å². The number of nitrogens with zero attached hydrogens (tertiary/aromatic N) is 5. The van der Waals surface area contributed by atoms with Crippen LogP contribution in [0.1, 0.15) is 17.5 Å². The minimum atomic E-state index is -0.765. The average molecular weight is 415 g/mol. The second-order valence-electron chi connectivity index (χ2n) is 7.87. The summed E-state index contributed by atoms with van der Waals surface area (Å²) < 4.78 is 5.33. The van der Waals surface area contributed by atoms with Crippen molar-refractivity contribution in [2.24, 2.45) is 10.3 Å². The molecule has 30 heavy (non-hydrogen) atoms. The number of hydrogen-bond donors (Lipinski definition) is 1. The molecule has 0 radical (unpaired) electrons. The number of aliphatic carboxylic acids is 1. The topological polar surface area (TPSA) is 90.2 Å². The van der Waals surface area contributed by atoms with Crippen molar-refractivity contribution in [1.82, 2.24) is 14.8 Å². The second-order valence-corrected chi connectivity index (χ2v) is 7.87. The zero-order valence-electron chi connectivity index (χ0n) is 17.2. The lowest BCUT2D eigenvalue weighted by atomic mass is 10.0. The number of oxime groups is 1. The van der Waals surface area contributed by atoms with Crippen LogP contribution in [-0.4, -0.2) is 109 Å². The van der Waals surface area contributed by atoms with Crippen LogP contribution < -0.4 is 0 Å². The third-order valence-corrected chi connectivity index (χ3v) is 5.62. The average Bonchev–Trinajstić information content (AvgIpc) is 3.23. The van der Waals surface area contributed by atoms with Gasteiger partial charge in [0.25, 0.3) is 0 Å². The number of rotatable bonds is 7. The van der Waals surface area contributed by atoms with Gasteiger partial charge in [-0.3, -0.25) is 19.6 Å². The van der Waals surface area contributed by atoms with Gasteiger partial charge in [0.15, 0.2) is 0 Å². The van der Waals surface area contributed by atoms with Crippen LogP contribution in [0.25, 0.3) is 0 Å². The van der Waals surface area contributed by atoms with Crippen molar-refractivity contribution in [3.63, 3.8) is 0 Å². The molecule has 3 aliphatic heterocycles. The molecular weight excluding hydrogens is 386 g/mol. The number of hydrazone groups is 1. The number of hydrogen-bond acceptors (Lipinski definition) is 8. The third-order valence-electron chi connectivity index (χ3n) is 5.62. The maximum atomic E-state index is 10.8. The second kappa shape index (κ2) is 10.0.